The fraction of sp³-hybridized carbons (Fsp3) is 0.136. The van der Waals surface area contributed by atoms with Gasteiger partial charge in [-0.25, -0.2) is 14.8 Å². The molecule has 2 heterocycles. The molecule has 4 rings (SSSR count). The zero-order valence-corrected chi connectivity index (χ0v) is 16.7. The van der Waals surface area contributed by atoms with Gasteiger partial charge in [-0.05, 0) is 42.8 Å². The Morgan fingerprint density at radius 3 is 2.63 bits per heavy atom. The van der Waals surface area contributed by atoms with Crippen LogP contribution in [-0.2, 0) is 0 Å². The second kappa shape index (κ2) is 7.75. The zero-order valence-electron chi connectivity index (χ0n) is 16.7. The molecule has 8 nitrogen and oxygen atoms in total. The molecule has 0 saturated carbocycles. The first-order valence-electron chi connectivity index (χ1n) is 9.18. The number of ether oxygens (including phenoxy) is 2. The van der Waals surface area contributed by atoms with Crippen LogP contribution in [0.2, 0.25) is 0 Å². The minimum absolute atomic E-state index is 0.234. The predicted molar refractivity (Wildman–Crippen MR) is 113 cm³/mol. The number of rotatable bonds is 6. The van der Waals surface area contributed by atoms with Gasteiger partial charge in [0.2, 0.25) is 5.95 Å². The topological polar surface area (TPSA) is 98.0 Å². The first-order valence-corrected chi connectivity index (χ1v) is 9.18. The Bertz CT molecular complexity index is 1250. The van der Waals surface area contributed by atoms with E-state index in [2.05, 4.69) is 10.3 Å². The number of carboxylic acid groups (broad SMARTS) is 1. The molecule has 0 amide bonds. The third-order valence-electron chi connectivity index (χ3n) is 4.88. The van der Waals surface area contributed by atoms with Crippen LogP contribution < -0.4 is 14.8 Å². The highest BCUT2D eigenvalue weighted by Gasteiger charge is 2.14. The molecule has 0 aliphatic carbocycles. The van der Waals surface area contributed by atoms with Gasteiger partial charge in [-0.1, -0.05) is 6.07 Å². The summed E-state index contributed by atoms with van der Waals surface area (Å²) >= 11 is 0. The van der Waals surface area contributed by atoms with Crippen LogP contribution in [0.5, 0.6) is 11.5 Å². The number of carbonyl (C=O) groups is 1. The van der Waals surface area contributed by atoms with Crippen LogP contribution in [0.3, 0.4) is 0 Å². The number of carboxylic acids is 1. The molecule has 2 aromatic carbocycles. The fourth-order valence-corrected chi connectivity index (χ4v) is 3.28. The Labute approximate surface area is 172 Å². The molecule has 4 aromatic rings. The molecular formula is C22H20N4O4. The molecule has 8 heteroatoms. The van der Waals surface area contributed by atoms with Crippen molar-refractivity contribution in [3.63, 3.8) is 0 Å². The Balaban J connectivity index is 1.82. The van der Waals surface area contributed by atoms with E-state index in [1.807, 2.05) is 30.3 Å². The van der Waals surface area contributed by atoms with Crippen molar-refractivity contribution in [1.29, 1.82) is 0 Å². The summed E-state index contributed by atoms with van der Waals surface area (Å²) in [5, 5.41) is 12.6. The van der Waals surface area contributed by atoms with Gasteiger partial charge in [-0.2, -0.15) is 0 Å². The first-order chi connectivity index (χ1) is 14.5. The highest BCUT2D eigenvalue weighted by molar-refractivity contribution is 5.91. The van der Waals surface area contributed by atoms with Crippen molar-refractivity contribution in [2.45, 2.75) is 6.92 Å². The molecule has 0 saturated heterocycles. The maximum absolute atomic E-state index is 11.5. The normalized spacial score (nSPS) is 10.8. The lowest BCUT2D eigenvalue weighted by Crippen LogP contribution is -2.06. The number of benzene rings is 2. The third-order valence-corrected chi connectivity index (χ3v) is 4.88. The molecule has 0 atom stereocenters. The summed E-state index contributed by atoms with van der Waals surface area (Å²) in [6.07, 6.45) is 3.47. The van der Waals surface area contributed by atoms with Crippen LogP contribution in [0, 0.1) is 6.92 Å². The van der Waals surface area contributed by atoms with Gasteiger partial charge in [-0.3, -0.25) is 4.40 Å². The van der Waals surface area contributed by atoms with Gasteiger partial charge >= 0.3 is 5.97 Å². The minimum Gasteiger partial charge on any atom is -0.493 e. The van der Waals surface area contributed by atoms with Gasteiger partial charge in [0, 0.05) is 29.7 Å². The highest BCUT2D eigenvalue weighted by atomic mass is 16.5. The predicted octanol–water partition coefficient (Wildman–Crippen LogP) is 4.16. The van der Waals surface area contributed by atoms with Gasteiger partial charge < -0.3 is 19.9 Å². The molecule has 0 fully saturated rings. The molecule has 2 N–H and O–H groups in total. The summed E-state index contributed by atoms with van der Waals surface area (Å²) in [5.41, 5.74) is 3.72. The van der Waals surface area contributed by atoms with E-state index in [0.29, 0.717) is 40.0 Å². The number of fused-ring (bicyclic) bond motifs is 1. The maximum Gasteiger partial charge on any atom is 0.336 e. The third kappa shape index (κ3) is 3.39. The Morgan fingerprint density at radius 1 is 1.10 bits per heavy atom. The molecule has 0 radical (unpaired) electrons. The number of anilines is 2. The standard InChI is InChI=1S/C22H20N4O4/c1-13-15(21(27)28)5-4-6-16(13)24-22-25-17(12-20-23-9-10-26(20)22)14-7-8-18(29-2)19(11-14)30-3/h4-12H,1-3H3,(H,24,25)(H,27,28). The van der Waals surface area contributed by atoms with E-state index in [9.17, 15) is 9.90 Å². The average Bonchev–Trinajstić information content (AvgIpc) is 3.23. The van der Waals surface area contributed by atoms with Gasteiger partial charge in [-0.15, -0.1) is 0 Å². The Morgan fingerprint density at radius 2 is 1.90 bits per heavy atom. The van der Waals surface area contributed by atoms with Crippen LogP contribution in [0.4, 0.5) is 11.6 Å². The molecule has 0 spiro atoms. The Hall–Kier alpha value is -4.07. The van der Waals surface area contributed by atoms with E-state index >= 15 is 0 Å². The van der Waals surface area contributed by atoms with Crippen molar-refractivity contribution >= 4 is 23.3 Å². The second-order valence-electron chi connectivity index (χ2n) is 6.60. The van der Waals surface area contributed by atoms with Gasteiger partial charge in [0.25, 0.3) is 0 Å². The van der Waals surface area contributed by atoms with E-state index in [-0.39, 0.29) is 5.56 Å². The van der Waals surface area contributed by atoms with Gasteiger partial charge in [0.1, 0.15) is 5.65 Å². The molecule has 0 unspecified atom stereocenters. The molecule has 0 aliphatic rings. The quantitative estimate of drug-likeness (QED) is 0.498. The van der Waals surface area contributed by atoms with Crippen molar-refractivity contribution in [2.75, 3.05) is 19.5 Å². The zero-order chi connectivity index (χ0) is 21.3. The van der Waals surface area contributed by atoms with Crippen molar-refractivity contribution < 1.29 is 19.4 Å². The summed E-state index contributed by atoms with van der Waals surface area (Å²) in [7, 11) is 3.17. The number of imidazole rings is 1. The van der Waals surface area contributed by atoms with Crippen molar-refractivity contribution in [3.8, 4) is 22.8 Å². The van der Waals surface area contributed by atoms with Crippen LogP contribution >= 0.6 is 0 Å². The SMILES string of the molecule is COc1ccc(-c2cc3nccn3c(Nc3cccc(C(=O)O)c3C)n2)cc1OC. The number of methoxy groups -OCH3 is 2. The number of hydrogen-bond donors (Lipinski definition) is 2. The monoisotopic (exact) mass is 404 g/mol. The van der Waals surface area contributed by atoms with E-state index in [4.69, 9.17) is 14.5 Å². The molecular weight excluding hydrogens is 384 g/mol. The van der Waals surface area contributed by atoms with Gasteiger partial charge in [0.15, 0.2) is 11.5 Å². The largest absolute Gasteiger partial charge is 0.493 e. The molecule has 0 bridgehead atoms. The van der Waals surface area contributed by atoms with E-state index in [1.54, 1.807) is 50.1 Å². The minimum atomic E-state index is -0.976. The molecule has 0 aliphatic heterocycles. The summed E-state index contributed by atoms with van der Waals surface area (Å²) in [6.45, 7) is 1.76. The number of nitrogens with one attached hydrogen (secondary N) is 1. The smallest absolute Gasteiger partial charge is 0.336 e. The summed E-state index contributed by atoms with van der Waals surface area (Å²) in [6, 6.07) is 12.5. The lowest BCUT2D eigenvalue weighted by Gasteiger charge is -2.14. The van der Waals surface area contributed by atoms with Crippen molar-refractivity contribution in [3.05, 3.63) is 66.0 Å². The second-order valence-corrected chi connectivity index (χ2v) is 6.60. The van der Waals surface area contributed by atoms with Crippen LogP contribution in [0.1, 0.15) is 15.9 Å². The fourth-order valence-electron chi connectivity index (χ4n) is 3.28. The van der Waals surface area contributed by atoms with Gasteiger partial charge in [0.05, 0.1) is 25.5 Å². The maximum atomic E-state index is 11.5. The van der Waals surface area contributed by atoms with Crippen LogP contribution in [0.15, 0.2) is 54.9 Å². The summed E-state index contributed by atoms with van der Waals surface area (Å²) < 4.78 is 12.5. The van der Waals surface area contributed by atoms with Crippen molar-refractivity contribution in [1.82, 2.24) is 14.4 Å². The Kier molecular flexibility index (Phi) is 4.97. The molecule has 2 aromatic heterocycles. The first kappa shape index (κ1) is 19.3. The molecule has 30 heavy (non-hydrogen) atoms. The number of aromatic carboxylic acids is 1. The molecule has 152 valence electrons. The average molecular weight is 404 g/mol. The van der Waals surface area contributed by atoms with E-state index < -0.39 is 5.97 Å². The van der Waals surface area contributed by atoms with Crippen LogP contribution in [-0.4, -0.2) is 39.7 Å². The van der Waals surface area contributed by atoms with Crippen LogP contribution in [0.25, 0.3) is 16.9 Å². The lowest BCUT2D eigenvalue weighted by atomic mass is 10.1. The van der Waals surface area contributed by atoms with Crippen molar-refractivity contribution in [2.24, 2.45) is 0 Å². The number of nitrogens with zero attached hydrogens (tertiary/aromatic N) is 3. The lowest BCUT2D eigenvalue weighted by molar-refractivity contribution is 0.0696. The summed E-state index contributed by atoms with van der Waals surface area (Å²) in [4.78, 5) is 20.6. The number of hydrogen-bond acceptors (Lipinski definition) is 6. The number of aromatic nitrogens is 3. The summed E-state index contributed by atoms with van der Waals surface area (Å²) in [5.74, 6) is 0.763. The van der Waals surface area contributed by atoms with E-state index in [0.717, 1.165) is 5.56 Å². The highest BCUT2D eigenvalue weighted by Crippen LogP contribution is 2.33. The van der Waals surface area contributed by atoms with E-state index in [1.165, 1.54) is 0 Å².